The molecule has 21 heavy (non-hydrogen) atoms. The van der Waals surface area contributed by atoms with E-state index in [0.717, 1.165) is 13.0 Å². The number of nitrogens with zero attached hydrogens (tertiary/aromatic N) is 2. The van der Waals surface area contributed by atoms with Crippen molar-refractivity contribution in [2.75, 3.05) is 17.2 Å². The SMILES string of the molecule is CCCNc1cnc(C(=O)Nc2cccc(F)c2C)cn1. The Balaban J connectivity index is 2.08. The minimum absolute atomic E-state index is 0.181. The van der Waals surface area contributed by atoms with Crippen LogP contribution in [0.5, 0.6) is 0 Å². The Labute approximate surface area is 122 Å². The summed E-state index contributed by atoms with van der Waals surface area (Å²) in [5.41, 5.74) is 0.996. The van der Waals surface area contributed by atoms with Crippen molar-refractivity contribution in [3.8, 4) is 0 Å². The van der Waals surface area contributed by atoms with Crippen molar-refractivity contribution >= 4 is 17.4 Å². The highest BCUT2D eigenvalue weighted by Gasteiger charge is 2.11. The molecule has 0 aliphatic carbocycles. The largest absolute Gasteiger partial charge is 0.369 e. The van der Waals surface area contributed by atoms with E-state index in [2.05, 4.69) is 20.6 Å². The zero-order valence-electron chi connectivity index (χ0n) is 12.0. The van der Waals surface area contributed by atoms with Crippen LogP contribution in [0.1, 0.15) is 29.4 Å². The summed E-state index contributed by atoms with van der Waals surface area (Å²) in [7, 11) is 0. The van der Waals surface area contributed by atoms with Gasteiger partial charge in [-0.2, -0.15) is 0 Å². The average molecular weight is 288 g/mol. The normalized spacial score (nSPS) is 10.2. The molecule has 110 valence electrons. The third kappa shape index (κ3) is 3.75. The van der Waals surface area contributed by atoms with E-state index in [1.54, 1.807) is 19.1 Å². The van der Waals surface area contributed by atoms with Crippen LogP contribution >= 0.6 is 0 Å². The summed E-state index contributed by atoms with van der Waals surface area (Å²) in [5.74, 6) is -0.161. The van der Waals surface area contributed by atoms with Crippen molar-refractivity contribution in [3.05, 3.63) is 47.7 Å². The number of nitrogens with one attached hydrogen (secondary N) is 2. The molecule has 1 heterocycles. The van der Waals surface area contributed by atoms with E-state index in [1.807, 2.05) is 6.92 Å². The number of carbonyl (C=O) groups is 1. The lowest BCUT2D eigenvalue weighted by Gasteiger charge is -2.09. The van der Waals surface area contributed by atoms with Crippen molar-refractivity contribution in [1.29, 1.82) is 0 Å². The fraction of sp³-hybridized carbons (Fsp3) is 0.267. The summed E-state index contributed by atoms with van der Waals surface area (Å²) in [5, 5.41) is 5.70. The molecule has 0 unspecified atom stereocenters. The van der Waals surface area contributed by atoms with Gasteiger partial charge in [-0.25, -0.2) is 14.4 Å². The van der Waals surface area contributed by atoms with Crippen molar-refractivity contribution in [1.82, 2.24) is 9.97 Å². The Bertz CT molecular complexity index is 628. The summed E-state index contributed by atoms with van der Waals surface area (Å²) in [6.07, 6.45) is 3.87. The molecule has 0 radical (unpaired) electrons. The molecule has 0 saturated carbocycles. The first-order valence-electron chi connectivity index (χ1n) is 6.74. The van der Waals surface area contributed by atoms with E-state index in [1.165, 1.54) is 18.5 Å². The molecule has 6 heteroatoms. The lowest BCUT2D eigenvalue weighted by atomic mass is 10.2. The number of carbonyl (C=O) groups excluding carboxylic acids is 1. The number of hydrogen-bond acceptors (Lipinski definition) is 4. The number of benzene rings is 1. The number of hydrogen-bond donors (Lipinski definition) is 2. The molecular weight excluding hydrogens is 271 g/mol. The van der Waals surface area contributed by atoms with Crippen LogP contribution < -0.4 is 10.6 Å². The maximum Gasteiger partial charge on any atom is 0.275 e. The van der Waals surface area contributed by atoms with E-state index in [9.17, 15) is 9.18 Å². The van der Waals surface area contributed by atoms with Crippen LogP contribution in [0.15, 0.2) is 30.6 Å². The number of halogens is 1. The van der Waals surface area contributed by atoms with Crippen LogP contribution in [0.25, 0.3) is 0 Å². The second kappa shape index (κ2) is 6.78. The summed E-state index contributed by atoms with van der Waals surface area (Å²) < 4.78 is 13.4. The number of aromatic nitrogens is 2. The van der Waals surface area contributed by atoms with Gasteiger partial charge in [0.05, 0.1) is 12.4 Å². The lowest BCUT2D eigenvalue weighted by Crippen LogP contribution is -2.15. The van der Waals surface area contributed by atoms with Crippen molar-refractivity contribution < 1.29 is 9.18 Å². The highest BCUT2D eigenvalue weighted by atomic mass is 19.1. The topological polar surface area (TPSA) is 66.9 Å². The first-order chi connectivity index (χ1) is 10.1. The highest BCUT2D eigenvalue weighted by molar-refractivity contribution is 6.03. The van der Waals surface area contributed by atoms with E-state index < -0.39 is 5.91 Å². The Morgan fingerprint density at radius 2 is 2.10 bits per heavy atom. The maximum atomic E-state index is 13.4. The number of rotatable bonds is 5. The monoisotopic (exact) mass is 288 g/mol. The fourth-order valence-electron chi connectivity index (χ4n) is 1.72. The Morgan fingerprint density at radius 3 is 2.76 bits per heavy atom. The van der Waals surface area contributed by atoms with Gasteiger partial charge in [-0.1, -0.05) is 13.0 Å². The minimum atomic E-state index is -0.418. The number of anilines is 2. The summed E-state index contributed by atoms with van der Waals surface area (Å²) in [6, 6.07) is 4.53. The molecule has 0 fully saturated rings. The first kappa shape index (κ1) is 14.9. The van der Waals surface area contributed by atoms with Crippen molar-refractivity contribution in [2.45, 2.75) is 20.3 Å². The molecule has 0 bridgehead atoms. The predicted octanol–water partition coefficient (Wildman–Crippen LogP) is 3.00. The Hall–Kier alpha value is -2.50. The van der Waals surface area contributed by atoms with Crippen LogP contribution in [0, 0.1) is 12.7 Å². The van der Waals surface area contributed by atoms with E-state index in [-0.39, 0.29) is 11.5 Å². The smallest absolute Gasteiger partial charge is 0.275 e. The second-order valence-electron chi connectivity index (χ2n) is 4.58. The first-order valence-corrected chi connectivity index (χ1v) is 6.74. The van der Waals surface area contributed by atoms with Crippen LogP contribution in [0.2, 0.25) is 0 Å². The van der Waals surface area contributed by atoms with Crippen LogP contribution in [-0.4, -0.2) is 22.4 Å². The molecule has 1 aromatic heterocycles. The molecule has 0 aliphatic heterocycles. The quantitative estimate of drug-likeness (QED) is 0.887. The molecule has 0 saturated heterocycles. The lowest BCUT2D eigenvalue weighted by molar-refractivity contribution is 0.102. The van der Waals surface area contributed by atoms with Gasteiger partial charge in [0.1, 0.15) is 17.3 Å². The third-order valence-corrected chi connectivity index (χ3v) is 2.96. The van der Waals surface area contributed by atoms with Crippen LogP contribution in [0.3, 0.4) is 0 Å². The molecule has 0 atom stereocenters. The zero-order valence-corrected chi connectivity index (χ0v) is 12.0. The summed E-state index contributed by atoms with van der Waals surface area (Å²) in [4.78, 5) is 20.2. The third-order valence-electron chi connectivity index (χ3n) is 2.96. The average Bonchev–Trinajstić information content (AvgIpc) is 2.50. The van der Waals surface area contributed by atoms with Gasteiger partial charge in [-0.3, -0.25) is 4.79 Å². The van der Waals surface area contributed by atoms with Gasteiger partial charge >= 0.3 is 0 Å². The molecule has 2 N–H and O–H groups in total. The van der Waals surface area contributed by atoms with Crippen molar-refractivity contribution in [2.24, 2.45) is 0 Å². The molecule has 0 aliphatic rings. The zero-order chi connectivity index (χ0) is 15.2. The molecule has 0 spiro atoms. The molecule has 1 amide bonds. The number of amides is 1. The van der Waals surface area contributed by atoms with Gasteiger partial charge in [0.15, 0.2) is 0 Å². The molecule has 1 aromatic carbocycles. The highest BCUT2D eigenvalue weighted by Crippen LogP contribution is 2.18. The summed E-state index contributed by atoms with van der Waals surface area (Å²) in [6.45, 7) is 4.45. The van der Waals surface area contributed by atoms with Gasteiger partial charge in [0, 0.05) is 17.8 Å². The Kier molecular flexibility index (Phi) is 4.81. The van der Waals surface area contributed by atoms with E-state index >= 15 is 0 Å². The van der Waals surface area contributed by atoms with Gasteiger partial charge in [-0.15, -0.1) is 0 Å². The van der Waals surface area contributed by atoms with Crippen LogP contribution in [-0.2, 0) is 0 Å². The molecule has 5 nitrogen and oxygen atoms in total. The standard InChI is InChI=1S/C15H17FN4O/c1-3-7-17-14-9-18-13(8-19-14)15(21)20-12-6-4-5-11(16)10(12)2/h4-6,8-9H,3,7H2,1-2H3,(H,17,19)(H,20,21). The van der Waals surface area contributed by atoms with Gasteiger partial charge in [0.25, 0.3) is 5.91 Å². The van der Waals surface area contributed by atoms with Gasteiger partial charge in [-0.05, 0) is 25.5 Å². The van der Waals surface area contributed by atoms with E-state index in [4.69, 9.17) is 0 Å². The summed E-state index contributed by atoms with van der Waals surface area (Å²) >= 11 is 0. The van der Waals surface area contributed by atoms with Crippen LogP contribution in [0.4, 0.5) is 15.9 Å². The minimum Gasteiger partial charge on any atom is -0.369 e. The molecule has 2 rings (SSSR count). The fourth-order valence-corrected chi connectivity index (χ4v) is 1.72. The maximum absolute atomic E-state index is 13.4. The van der Waals surface area contributed by atoms with E-state index in [0.29, 0.717) is 17.1 Å². The molecular formula is C15H17FN4O. The molecule has 2 aromatic rings. The van der Waals surface area contributed by atoms with Gasteiger partial charge in [0.2, 0.25) is 0 Å². The van der Waals surface area contributed by atoms with Crippen molar-refractivity contribution in [3.63, 3.8) is 0 Å². The Morgan fingerprint density at radius 1 is 1.29 bits per heavy atom. The van der Waals surface area contributed by atoms with Gasteiger partial charge < -0.3 is 10.6 Å². The predicted molar refractivity (Wildman–Crippen MR) is 79.9 cm³/mol. The second-order valence-corrected chi connectivity index (χ2v) is 4.58.